The second-order valence-electron chi connectivity index (χ2n) is 7.37. The summed E-state index contributed by atoms with van der Waals surface area (Å²) in [6.45, 7) is 1.21. The first kappa shape index (κ1) is 20.7. The SMILES string of the molecule is COc1ccc(C2CCCN2C(=O)c2ccc(=O)n(CCOc3ccccc3)n2)cc1. The second-order valence-corrected chi connectivity index (χ2v) is 7.37. The van der Waals surface area contributed by atoms with Gasteiger partial charge in [-0.2, -0.15) is 5.10 Å². The van der Waals surface area contributed by atoms with Crippen LogP contribution in [0.25, 0.3) is 0 Å². The molecule has 2 aromatic carbocycles. The van der Waals surface area contributed by atoms with E-state index in [2.05, 4.69) is 5.10 Å². The van der Waals surface area contributed by atoms with Crippen LogP contribution in [0, 0.1) is 0 Å². The standard InChI is InChI=1S/C24H25N3O4/c1-30-19-11-9-18(10-12-19)22-8-5-15-26(22)24(29)21-13-14-23(28)27(25-21)16-17-31-20-6-3-2-4-7-20/h2-4,6-7,9-14,22H,5,8,15-17H2,1H3. The van der Waals surface area contributed by atoms with E-state index < -0.39 is 0 Å². The summed E-state index contributed by atoms with van der Waals surface area (Å²) in [5.41, 5.74) is 1.07. The Morgan fingerprint density at radius 2 is 1.81 bits per heavy atom. The highest BCUT2D eigenvalue weighted by molar-refractivity contribution is 5.92. The highest BCUT2D eigenvalue weighted by Gasteiger charge is 2.31. The van der Waals surface area contributed by atoms with Gasteiger partial charge in [0.05, 0.1) is 19.7 Å². The Balaban J connectivity index is 1.47. The largest absolute Gasteiger partial charge is 0.497 e. The van der Waals surface area contributed by atoms with Crippen molar-refractivity contribution < 1.29 is 14.3 Å². The Hall–Kier alpha value is -3.61. The molecule has 0 aliphatic carbocycles. The Morgan fingerprint density at radius 3 is 2.55 bits per heavy atom. The van der Waals surface area contributed by atoms with Crippen LogP contribution >= 0.6 is 0 Å². The van der Waals surface area contributed by atoms with Gasteiger partial charge in [-0.15, -0.1) is 0 Å². The summed E-state index contributed by atoms with van der Waals surface area (Å²) < 4.78 is 12.2. The number of aromatic nitrogens is 2. The predicted octanol–water partition coefficient (Wildman–Crippen LogP) is 3.31. The number of rotatable bonds is 7. The molecule has 1 amide bonds. The zero-order chi connectivity index (χ0) is 21.6. The first-order valence-electron chi connectivity index (χ1n) is 10.4. The van der Waals surface area contributed by atoms with E-state index in [1.54, 1.807) is 7.11 Å². The van der Waals surface area contributed by atoms with Crippen LogP contribution in [-0.2, 0) is 6.54 Å². The summed E-state index contributed by atoms with van der Waals surface area (Å²) in [6, 6.07) is 20.0. The fraction of sp³-hybridized carbons (Fsp3) is 0.292. The van der Waals surface area contributed by atoms with Crippen LogP contribution in [0.1, 0.15) is 34.9 Å². The van der Waals surface area contributed by atoms with Crippen molar-refractivity contribution in [1.82, 2.24) is 14.7 Å². The van der Waals surface area contributed by atoms with Crippen molar-refractivity contribution in [2.75, 3.05) is 20.3 Å². The van der Waals surface area contributed by atoms with E-state index in [9.17, 15) is 9.59 Å². The van der Waals surface area contributed by atoms with Gasteiger partial charge in [-0.25, -0.2) is 4.68 Å². The molecule has 2 heterocycles. The molecule has 0 N–H and O–H groups in total. The number of para-hydroxylation sites is 1. The smallest absolute Gasteiger partial charge is 0.274 e. The predicted molar refractivity (Wildman–Crippen MR) is 116 cm³/mol. The van der Waals surface area contributed by atoms with Gasteiger partial charge in [0.25, 0.3) is 11.5 Å². The number of likely N-dealkylation sites (tertiary alicyclic amines) is 1. The fourth-order valence-corrected chi connectivity index (χ4v) is 3.82. The molecule has 1 aliphatic heterocycles. The van der Waals surface area contributed by atoms with E-state index in [0.29, 0.717) is 6.54 Å². The molecule has 7 nitrogen and oxygen atoms in total. The molecule has 1 unspecified atom stereocenters. The summed E-state index contributed by atoms with van der Waals surface area (Å²) in [5.74, 6) is 1.34. The van der Waals surface area contributed by atoms with Crippen molar-refractivity contribution in [3.8, 4) is 11.5 Å². The van der Waals surface area contributed by atoms with E-state index in [4.69, 9.17) is 9.47 Å². The van der Waals surface area contributed by atoms with Crippen LogP contribution in [0.2, 0.25) is 0 Å². The molecule has 1 saturated heterocycles. The third-order valence-electron chi connectivity index (χ3n) is 5.42. The number of benzene rings is 2. The third-order valence-corrected chi connectivity index (χ3v) is 5.42. The maximum Gasteiger partial charge on any atom is 0.274 e. The van der Waals surface area contributed by atoms with Crippen molar-refractivity contribution in [2.45, 2.75) is 25.4 Å². The monoisotopic (exact) mass is 419 g/mol. The van der Waals surface area contributed by atoms with Crippen molar-refractivity contribution in [1.29, 1.82) is 0 Å². The molecular formula is C24H25N3O4. The van der Waals surface area contributed by atoms with Gasteiger partial charge in [0.2, 0.25) is 0 Å². The number of ether oxygens (including phenoxy) is 2. The van der Waals surface area contributed by atoms with Crippen molar-refractivity contribution >= 4 is 5.91 Å². The molecule has 7 heteroatoms. The molecule has 0 bridgehead atoms. The Kier molecular flexibility index (Phi) is 6.31. The molecule has 0 spiro atoms. The molecule has 0 saturated carbocycles. The van der Waals surface area contributed by atoms with E-state index >= 15 is 0 Å². The van der Waals surface area contributed by atoms with Gasteiger partial charge >= 0.3 is 0 Å². The number of amides is 1. The molecule has 1 atom stereocenters. The van der Waals surface area contributed by atoms with Gasteiger partial charge in [-0.05, 0) is 48.7 Å². The molecule has 0 radical (unpaired) electrons. The maximum absolute atomic E-state index is 13.2. The number of hydrogen-bond acceptors (Lipinski definition) is 5. The number of carbonyl (C=O) groups excluding carboxylic acids is 1. The highest BCUT2D eigenvalue weighted by Crippen LogP contribution is 2.33. The number of methoxy groups -OCH3 is 1. The van der Waals surface area contributed by atoms with Crippen molar-refractivity contribution in [3.63, 3.8) is 0 Å². The quantitative estimate of drug-likeness (QED) is 0.587. The molecule has 31 heavy (non-hydrogen) atoms. The Labute approximate surface area is 180 Å². The fourth-order valence-electron chi connectivity index (χ4n) is 3.82. The maximum atomic E-state index is 13.2. The molecule has 1 aromatic heterocycles. The van der Waals surface area contributed by atoms with Gasteiger partial charge in [0.15, 0.2) is 0 Å². The average molecular weight is 419 g/mol. The topological polar surface area (TPSA) is 73.7 Å². The van der Waals surface area contributed by atoms with Crippen molar-refractivity contribution in [2.24, 2.45) is 0 Å². The molecule has 1 fully saturated rings. The van der Waals surface area contributed by atoms with Gasteiger partial charge in [0.1, 0.15) is 23.8 Å². The molecule has 1 aliphatic rings. The van der Waals surface area contributed by atoms with E-state index in [1.165, 1.54) is 16.8 Å². The summed E-state index contributed by atoms with van der Waals surface area (Å²) in [6.07, 6.45) is 1.82. The number of hydrogen-bond donors (Lipinski definition) is 0. The molecule has 3 aromatic rings. The normalized spacial score (nSPS) is 15.6. The lowest BCUT2D eigenvalue weighted by Gasteiger charge is -2.25. The average Bonchev–Trinajstić information content (AvgIpc) is 3.30. The highest BCUT2D eigenvalue weighted by atomic mass is 16.5. The third kappa shape index (κ3) is 4.77. The van der Waals surface area contributed by atoms with Crippen LogP contribution in [0.4, 0.5) is 0 Å². The summed E-state index contributed by atoms with van der Waals surface area (Å²) in [4.78, 5) is 27.2. The summed E-state index contributed by atoms with van der Waals surface area (Å²) in [7, 11) is 1.63. The number of nitrogens with zero attached hydrogens (tertiary/aromatic N) is 3. The summed E-state index contributed by atoms with van der Waals surface area (Å²) >= 11 is 0. The van der Waals surface area contributed by atoms with Crippen LogP contribution in [0.5, 0.6) is 11.5 Å². The Morgan fingerprint density at radius 1 is 1.03 bits per heavy atom. The minimum absolute atomic E-state index is 0.0120. The lowest BCUT2D eigenvalue weighted by Crippen LogP contribution is -2.34. The van der Waals surface area contributed by atoms with Crippen LogP contribution < -0.4 is 15.0 Å². The van der Waals surface area contributed by atoms with E-state index in [0.717, 1.165) is 29.9 Å². The van der Waals surface area contributed by atoms with Crippen LogP contribution in [-0.4, -0.2) is 40.8 Å². The molecule has 160 valence electrons. The van der Waals surface area contributed by atoms with Gasteiger partial charge < -0.3 is 14.4 Å². The first-order chi connectivity index (χ1) is 15.2. The van der Waals surface area contributed by atoms with Gasteiger partial charge in [0, 0.05) is 12.6 Å². The minimum Gasteiger partial charge on any atom is -0.497 e. The zero-order valence-electron chi connectivity index (χ0n) is 17.4. The summed E-state index contributed by atoms with van der Waals surface area (Å²) in [5, 5.41) is 4.32. The van der Waals surface area contributed by atoms with E-state index in [-0.39, 0.29) is 36.4 Å². The van der Waals surface area contributed by atoms with Crippen molar-refractivity contribution in [3.05, 3.63) is 88.3 Å². The Bertz CT molecular complexity index is 1080. The molecule has 4 rings (SSSR count). The molecular weight excluding hydrogens is 394 g/mol. The van der Waals surface area contributed by atoms with Crippen LogP contribution in [0.3, 0.4) is 0 Å². The number of carbonyl (C=O) groups is 1. The lowest BCUT2D eigenvalue weighted by atomic mass is 10.0. The first-order valence-corrected chi connectivity index (χ1v) is 10.4. The second kappa shape index (κ2) is 9.47. The van der Waals surface area contributed by atoms with Gasteiger partial charge in [-0.1, -0.05) is 30.3 Å². The minimum atomic E-state index is -0.263. The lowest BCUT2D eigenvalue weighted by molar-refractivity contribution is 0.0726. The van der Waals surface area contributed by atoms with E-state index in [1.807, 2.05) is 59.5 Å². The van der Waals surface area contributed by atoms with Gasteiger partial charge in [-0.3, -0.25) is 9.59 Å². The zero-order valence-corrected chi connectivity index (χ0v) is 17.4. The van der Waals surface area contributed by atoms with Crippen LogP contribution in [0.15, 0.2) is 71.5 Å².